The van der Waals surface area contributed by atoms with Crippen LogP contribution in [0.4, 0.5) is 11.4 Å². The average molecular weight is 465 g/mol. The summed E-state index contributed by atoms with van der Waals surface area (Å²) in [6.07, 6.45) is 1.66. The summed E-state index contributed by atoms with van der Waals surface area (Å²) in [6, 6.07) is 10.9. The summed E-state index contributed by atoms with van der Waals surface area (Å²) in [6.45, 7) is 19.5. The minimum absolute atomic E-state index is 0.735. The van der Waals surface area contributed by atoms with E-state index in [1.165, 1.54) is 61.4 Å². The molecule has 0 bridgehead atoms. The molecule has 0 aliphatic carbocycles. The fourth-order valence-corrected chi connectivity index (χ4v) is 5.12. The van der Waals surface area contributed by atoms with Crippen LogP contribution >= 0.6 is 0 Å². The Bertz CT molecular complexity index is 1380. The molecule has 0 spiro atoms. The number of rotatable bonds is 4. The van der Waals surface area contributed by atoms with Crippen LogP contribution < -0.4 is 4.90 Å². The molecular formula is C31H36N4. The van der Waals surface area contributed by atoms with Gasteiger partial charge in [0.15, 0.2) is 11.6 Å². The number of anilines is 2. The Labute approximate surface area is 210 Å². The Balaban J connectivity index is 1.88. The van der Waals surface area contributed by atoms with Gasteiger partial charge in [0.2, 0.25) is 0 Å². The van der Waals surface area contributed by atoms with E-state index in [-0.39, 0.29) is 0 Å². The lowest BCUT2D eigenvalue weighted by Gasteiger charge is -2.28. The second-order valence-electron chi connectivity index (χ2n) is 9.89. The first kappa shape index (κ1) is 24.6. The molecule has 0 N–H and O–H groups in total. The van der Waals surface area contributed by atoms with Crippen LogP contribution in [0.1, 0.15) is 50.1 Å². The van der Waals surface area contributed by atoms with Crippen molar-refractivity contribution in [2.75, 3.05) is 11.9 Å². The number of hydrogen-bond donors (Lipinski definition) is 0. The van der Waals surface area contributed by atoms with Gasteiger partial charge >= 0.3 is 0 Å². The number of aryl methyl sites for hydroxylation is 3. The Morgan fingerprint density at radius 3 is 1.51 bits per heavy atom. The highest BCUT2D eigenvalue weighted by molar-refractivity contribution is 5.80. The summed E-state index contributed by atoms with van der Waals surface area (Å²) in [4.78, 5) is 16.6. The fourth-order valence-electron chi connectivity index (χ4n) is 5.12. The fraction of sp³-hybridized carbons (Fsp3) is 0.323. The zero-order valence-electron chi connectivity index (χ0n) is 22.8. The van der Waals surface area contributed by atoms with E-state index >= 15 is 0 Å². The Hall–Kier alpha value is -3.53. The van der Waals surface area contributed by atoms with Gasteiger partial charge in [0.1, 0.15) is 6.33 Å². The van der Waals surface area contributed by atoms with Gasteiger partial charge in [-0.1, -0.05) is 23.8 Å². The first-order valence-corrected chi connectivity index (χ1v) is 12.2. The van der Waals surface area contributed by atoms with Crippen LogP contribution in [0.2, 0.25) is 0 Å². The highest BCUT2D eigenvalue weighted by atomic mass is 15.1. The van der Waals surface area contributed by atoms with Gasteiger partial charge in [-0.3, -0.25) is 0 Å². The smallest absolute Gasteiger partial charge is 0.163 e. The Morgan fingerprint density at radius 1 is 0.571 bits per heavy atom. The molecule has 35 heavy (non-hydrogen) atoms. The Kier molecular flexibility index (Phi) is 6.50. The summed E-state index contributed by atoms with van der Waals surface area (Å²) in [5, 5.41) is 0. The molecule has 0 fully saturated rings. The van der Waals surface area contributed by atoms with Crippen LogP contribution in [0.15, 0.2) is 36.7 Å². The molecule has 0 saturated carbocycles. The zero-order valence-corrected chi connectivity index (χ0v) is 22.8. The molecule has 0 amide bonds. The highest BCUT2D eigenvalue weighted by Crippen LogP contribution is 2.40. The molecule has 4 nitrogen and oxygen atoms in total. The lowest BCUT2D eigenvalue weighted by Crippen LogP contribution is -2.15. The van der Waals surface area contributed by atoms with E-state index in [1.54, 1.807) is 6.33 Å². The van der Waals surface area contributed by atoms with Crippen molar-refractivity contribution in [3.05, 3.63) is 86.7 Å². The number of nitrogens with zero attached hydrogens (tertiary/aromatic N) is 4. The number of benzene rings is 3. The molecule has 4 heteroatoms. The minimum atomic E-state index is 0.735. The molecule has 1 aromatic heterocycles. The quantitative estimate of drug-likeness (QED) is 0.310. The summed E-state index contributed by atoms with van der Waals surface area (Å²) < 4.78 is 0. The maximum Gasteiger partial charge on any atom is 0.163 e. The highest BCUT2D eigenvalue weighted by Gasteiger charge is 2.22. The van der Waals surface area contributed by atoms with Crippen molar-refractivity contribution < 1.29 is 0 Å². The third kappa shape index (κ3) is 4.22. The molecule has 0 unspecified atom stereocenters. The van der Waals surface area contributed by atoms with Gasteiger partial charge in [0.25, 0.3) is 0 Å². The Morgan fingerprint density at radius 2 is 1.03 bits per heavy atom. The lowest BCUT2D eigenvalue weighted by atomic mass is 9.90. The summed E-state index contributed by atoms with van der Waals surface area (Å²) >= 11 is 0. The van der Waals surface area contributed by atoms with Crippen molar-refractivity contribution >= 4 is 11.4 Å². The van der Waals surface area contributed by atoms with E-state index in [2.05, 4.69) is 115 Å². The molecule has 0 aliphatic heterocycles. The van der Waals surface area contributed by atoms with E-state index in [1.807, 2.05) is 0 Å². The number of aromatic nitrogens is 3. The lowest BCUT2D eigenvalue weighted by molar-refractivity contribution is 1.04. The molecule has 0 saturated heterocycles. The predicted molar refractivity (Wildman–Crippen MR) is 148 cm³/mol. The SMILES string of the molecule is Cc1ccc(N(C)c2c(C)c(C)c(-c3ncnc(-c4c(C)c(C)cc(C)c4C)n3)c(C)c2C)cc1. The molecule has 4 aromatic rings. The van der Waals surface area contributed by atoms with Crippen LogP contribution in [0.5, 0.6) is 0 Å². The van der Waals surface area contributed by atoms with Gasteiger partial charge in [-0.15, -0.1) is 0 Å². The van der Waals surface area contributed by atoms with Crippen molar-refractivity contribution in [3.63, 3.8) is 0 Å². The van der Waals surface area contributed by atoms with Gasteiger partial charge in [-0.2, -0.15) is 0 Å². The van der Waals surface area contributed by atoms with Crippen LogP contribution in [-0.4, -0.2) is 22.0 Å². The molecule has 0 radical (unpaired) electrons. The molecular weight excluding hydrogens is 428 g/mol. The first-order valence-electron chi connectivity index (χ1n) is 12.2. The third-order valence-electron chi connectivity index (χ3n) is 7.73. The van der Waals surface area contributed by atoms with Crippen molar-refractivity contribution in [2.24, 2.45) is 0 Å². The second kappa shape index (κ2) is 9.26. The van der Waals surface area contributed by atoms with Gasteiger partial charge < -0.3 is 4.90 Å². The minimum Gasteiger partial charge on any atom is -0.344 e. The predicted octanol–water partition coefficient (Wildman–Crippen LogP) is 7.75. The molecule has 1 heterocycles. The second-order valence-corrected chi connectivity index (χ2v) is 9.89. The summed E-state index contributed by atoms with van der Waals surface area (Å²) in [7, 11) is 2.14. The van der Waals surface area contributed by atoms with Gasteiger partial charge in [0, 0.05) is 29.5 Å². The van der Waals surface area contributed by atoms with Crippen molar-refractivity contribution in [1.82, 2.24) is 15.0 Å². The third-order valence-corrected chi connectivity index (χ3v) is 7.73. The summed E-state index contributed by atoms with van der Waals surface area (Å²) in [5.41, 5.74) is 15.7. The van der Waals surface area contributed by atoms with Crippen LogP contribution in [0.3, 0.4) is 0 Å². The standard InChI is InChI=1S/C31H36N4/c1-17-11-13-26(14-12-17)35(10)29-24(8)22(6)28(23(7)25(29)9)31-33-16-32-30(34-31)27-20(4)18(2)15-19(3)21(27)5/h11-16H,1-10H3. The van der Waals surface area contributed by atoms with E-state index in [4.69, 9.17) is 4.98 Å². The van der Waals surface area contributed by atoms with E-state index < -0.39 is 0 Å². The molecule has 180 valence electrons. The van der Waals surface area contributed by atoms with E-state index in [0.717, 1.165) is 22.8 Å². The normalized spacial score (nSPS) is 11.1. The van der Waals surface area contributed by atoms with Crippen LogP contribution in [0.25, 0.3) is 22.8 Å². The van der Waals surface area contributed by atoms with Crippen LogP contribution in [-0.2, 0) is 0 Å². The monoisotopic (exact) mass is 464 g/mol. The number of hydrogen-bond acceptors (Lipinski definition) is 4. The maximum atomic E-state index is 5.03. The van der Waals surface area contributed by atoms with Crippen molar-refractivity contribution in [3.8, 4) is 22.8 Å². The van der Waals surface area contributed by atoms with Gasteiger partial charge in [-0.25, -0.2) is 15.0 Å². The molecule has 0 atom stereocenters. The van der Waals surface area contributed by atoms with E-state index in [0.29, 0.717) is 0 Å². The topological polar surface area (TPSA) is 41.9 Å². The first-order chi connectivity index (χ1) is 16.5. The largest absolute Gasteiger partial charge is 0.344 e. The molecule has 3 aromatic carbocycles. The van der Waals surface area contributed by atoms with E-state index in [9.17, 15) is 0 Å². The van der Waals surface area contributed by atoms with Crippen molar-refractivity contribution in [2.45, 2.75) is 62.3 Å². The molecule has 4 rings (SSSR count). The maximum absolute atomic E-state index is 5.03. The van der Waals surface area contributed by atoms with Gasteiger partial charge in [0.05, 0.1) is 0 Å². The summed E-state index contributed by atoms with van der Waals surface area (Å²) in [5.74, 6) is 1.48. The zero-order chi connectivity index (χ0) is 25.6. The average Bonchev–Trinajstić information content (AvgIpc) is 2.83. The van der Waals surface area contributed by atoms with Crippen molar-refractivity contribution in [1.29, 1.82) is 0 Å². The molecule has 0 aliphatic rings. The van der Waals surface area contributed by atoms with Gasteiger partial charge in [-0.05, 0) is 119 Å². The van der Waals surface area contributed by atoms with Crippen LogP contribution in [0, 0.1) is 62.3 Å².